The molecule has 72 valence electrons. The van der Waals surface area contributed by atoms with Crippen LogP contribution in [-0.2, 0) is 0 Å². The Bertz CT molecular complexity index is 290. The SMILES string of the molecule is CC.CC(=O)c1ccc(O)cc1C. The molecule has 2 heteroatoms. The molecule has 0 aromatic heterocycles. The van der Waals surface area contributed by atoms with E-state index in [1.54, 1.807) is 19.1 Å². The minimum absolute atomic E-state index is 0.0301. The summed E-state index contributed by atoms with van der Waals surface area (Å²) in [6.45, 7) is 7.32. The molecule has 0 aliphatic heterocycles. The number of hydrogen-bond donors (Lipinski definition) is 1. The summed E-state index contributed by atoms with van der Waals surface area (Å²) in [6.07, 6.45) is 0. The van der Waals surface area contributed by atoms with E-state index in [2.05, 4.69) is 0 Å². The number of hydrogen-bond acceptors (Lipinski definition) is 2. The zero-order chi connectivity index (χ0) is 10.4. The van der Waals surface area contributed by atoms with Crippen LogP contribution in [0.5, 0.6) is 5.75 Å². The summed E-state index contributed by atoms with van der Waals surface area (Å²) >= 11 is 0. The van der Waals surface area contributed by atoms with Gasteiger partial charge < -0.3 is 5.11 Å². The Balaban J connectivity index is 0.000000671. The smallest absolute Gasteiger partial charge is 0.160 e. The highest BCUT2D eigenvalue weighted by molar-refractivity contribution is 5.95. The van der Waals surface area contributed by atoms with Crippen LogP contribution in [0.4, 0.5) is 0 Å². The molecule has 0 bridgehead atoms. The summed E-state index contributed by atoms with van der Waals surface area (Å²) in [5, 5.41) is 9.01. The molecule has 0 radical (unpaired) electrons. The van der Waals surface area contributed by atoms with E-state index in [0.717, 1.165) is 5.56 Å². The van der Waals surface area contributed by atoms with Gasteiger partial charge in [-0.05, 0) is 37.6 Å². The van der Waals surface area contributed by atoms with Gasteiger partial charge in [0.2, 0.25) is 0 Å². The maximum Gasteiger partial charge on any atom is 0.160 e. The average Bonchev–Trinajstić information content (AvgIpc) is 2.07. The molecule has 0 heterocycles. The third kappa shape index (κ3) is 3.28. The molecule has 2 nitrogen and oxygen atoms in total. The van der Waals surface area contributed by atoms with Gasteiger partial charge in [-0.1, -0.05) is 13.8 Å². The largest absolute Gasteiger partial charge is 0.508 e. The van der Waals surface area contributed by atoms with Gasteiger partial charge in [0.15, 0.2) is 5.78 Å². The van der Waals surface area contributed by atoms with Crippen molar-refractivity contribution in [2.45, 2.75) is 27.7 Å². The molecule has 13 heavy (non-hydrogen) atoms. The summed E-state index contributed by atoms with van der Waals surface area (Å²) in [5.41, 5.74) is 1.49. The first-order valence-electron chi connectivity index (χ1n) is 4.42. The second-order valence-electron chi connectivity index (χ2n) is 2.56. The zero-order valence-corrected chi connectivity index (χ0v) is 8.59. The van der Waals surface area contributed by atoms with Crippen molar-refractivity contribution in [2.24, 2.45) is 0 Å². The second-order valence-corrected chi connectivity index (χ2v) is 2.56. The molecule has 1 N–H and O–H groups in total. The summed E-state index contributed by atoms with van der Waals surface area (Å²) < 4.78 is 0. The lowest BCUT2D eigenvalue weighted by Crippen LogP contribution is -1.94. The van der Waals surface area contributed by atoms with E-state index >= 15 is 0 Å². The normalized spacial score (nSPS) is 8.62. The van der Waals surface area contributed by atoms with Crippen molar-refractivity contribution in [3.05, 3.63) is 29.3 Å². The molecule has 0 atom stereocenters. The molecule has 0 spiro atoms. The minimum Gasteiger partial charge on any atom is -0.508 e. The summed E-state index contributed by atoms with van der Waals surface area (Å²) in [6, 6.07) is 4.73. The first-order chi connectivity index (χ1) is 6.11. The number of rotatable bonds is 1. The fourth-order valence-corrected chi connectivity index (χ4v) is 1.04. The number of aromatic hydroxyl groups is 1. The van der Waals surface area contributed by atoms with Gasteiger partial charge in [-0.15, -0.1) is 0 Å². The van der Waals surface area contributed by atoms with Crippen LogP contribution in [0, 0.1) is 6.92 Å². The molecule has 0 fully saturated rings. The van der Waals surface area contributed by atoms with Crippen molar-refractivity contribution >= 4 is 5.78 Å². The van der Waals surface area contributed by atoms with E-state index in [4.69, 9.17) is 5.11 Å². The lowest BCUT2D eigenvalue weighted by molar-refractivity contribution is 0.101. The van der Waals surface area contributed by atoms with Crippen molar-refractivity contribution in [3.8, 4) is 5.75 Å². The first kappa shape index (κ1) is 11.7. The maximum absolute atomic E-state index is 10.9. The first-order valence-corrected chi connectivity index (χ1v) is 4.42. The third-order valence-corrected chi connectivity index (χ3v) is 1.59. The molecule has 1 aromatic rings. The molecular weight excluding hydrogens is 164 g/mol. The Morgan fingerprint density at radius 2 is 1.85 bits per heavy atom. The highest BCUT2D eigenvalue weighted by atomic mass is 16.3. The Morgan fingerprint density at radius 1 is 1.31 bits per heavy atom. The lowest BCUT2D eigenvalue weighted by atomic mass is 10.1. The summed E-state index contributed by atoms with van der Waals surface area (Å²) in [4.78, 5) is 10.9. The van der Waals surface area contributed by atoms with Gasteiger partial charge in [-0.25, -0.2) is 0 Å². The number of carbonyl (C=O) groups is 1. The molecule has 0 saturated heterocycles. The van der Waals surface area contributed by atoms with Crippen LogP contribution >= 0.6 is 0 Å². The van der Waals surface area contributed by atoms with E-state index in [9.17, 15) is 4.79 Å². The quantitative estimate of drug-likeness (QED) is 0.675. The van der Waals surface area contributed by atoms with Gasteiger partial charge in [0, 0.05) is 5.56 Å². The highest BCUT2D eigenvalue weighted by Crippen LogP contribution is 2.15. The Morgan fingerprint density at radius 3 is 2.23 bits per heavy atom. The molecule has 0 unspecified atom stereocenters. The standard InChI is InChI=1S/C9H10O2.C2H6/c1-6-5-8(11)3-4-9(6)7(2)10;1-2/h3-5,11H,1-2H3;1-2H3. The fourth-order valence-electron chi connectivity index (χ4n) is 1.04. The van der Waals surface area contributed by atoms with Crippen LogP contribution in [0.3, 0.4) is 0 Å². The second kappa shape index (κ2) is 5.36. The van der Waals surface area contributed by atoms with Crippen molar-refractivity contribution in [2.75, 3.05) is 0 Å². The van der Waals surface area contributed by atoms with Crippen LogP contribution in [0.2, 0.25) is 0 Å². The van der Waals surface area contributed by atoms with Crippen LogP contribution in [0.25, 0.3) is 0 Å². The maximum atomic E-state index is 10.9. The zero-order valence-electron chi connectivity index (χ0n) is 8.59. The Labute approximate surface area is 79.2 Å². The van der Waals surface area contributed by atoms with E-state index < -0.39 is 0 Å². The summed E-state index contributed by atoms with van der Waals surface area (Å²) in [5.74, 6) is 0.231. The fraction of sp³-hybridized carbons (Fsp3) is 0.364. The number of carbonyl (C=O) groups excluding carboxylic acids is 1. The average molecular weight is 180 g/mol. The van der Waals surface area contributed by atoms with E-state index in [0.29, 0.717) is 5.56 Å². The third-order valence-electron chi connectivity index (χ3n) is 1.59. The van der Waals surface area contributed by atoms with Crippen LogP contribution < -0.4 is 0 Å². The molecule has 0 aliphatic rings. The van der Waals surface area contributed by atoms with Gasteiger partial charge in [0.05, 0.1) is 0 Å². The van der Waals surface area contributed by atoms with E-state index in [-0.39, 0.29) is 11.5 Å². The number of phenolic OH excluding ortho intramolecular Hbond substituents is 1. The van der Waals surface area contributed by atoms with Gasteiger partial charge in [0.25, 0.3) is 0 Å². The molecule has 0 saturated carbocycles. The van der Waals surface area contributed by atoms with Crippen molar-refractivity contribution < 1.29 is 9.90 Å². The van der Waals surface area contributed by atoms with Crippen LogP contribution in [0.1, 0.15) is 36.7 Å². The number of Topliss-reactive ketones (excluding diaryl/α,β-unsaturated/α-hetero) is 1. The van der Waals surface area contributed by atoms with Gasteiger partial charge >= 0.3 is 0 Å². The Kier molecular flexibility index (Phi) is 4.82. The molecular formula is C11H16O2. The summed E-state index contributed by atoms with van der Waals surface area (Å²) in [7, 11) is 0. The van der Waals surface area contributed by atoms with E-state index in [1.807, 2.05) is 13.8 Å². The Hall–Kier alpha value is -1.31. The molecule has 0 aliphatic carbocycles. The number of phenols is 1. The molecule has 1 rings (SSSR count). The minimum atomic E-state index is 0.0301. The molecule has 1 aromatic carbocycles. The van der Waals surface area contributed by atoms with Gasteiger partial charge in [-0.2, -0.15) is 0 Å². The lowest BCUT2D eigenvalue weighted by Gasteiger charge is -2.00. The topological polar surface area (TPSA) is 37.3 Å². The predicted molar refractivity (Wildman–Crippen MR) is 54.2 cm³/mol. The van der Waals surface area contributed by atoms with Crippen molar-refractivity contribution in [1.29, 1.82) is 0 Å². The molecule has 0 amide bonds. The van der Waals surface area contributed by atoms with Gasteiger partial charge in [0.1, 0.15) is 5.75 Å². The monoisotopic (exact) mass is 180 g/mol. The van der Waals surface area contributed by atoms with Crippen molar-refractivity contribution in [1.82, 2.24) is 0 Å². The van der Waals surface area contributed by atoms with Crippen molar-refractivity contribution in [3.63, 3.8) is 0 Å². The van der Waals surface area contributed by atoms with Gasteiger partial charge in [-0.3, -0.25) is 4.79 Å². The van der Waals surface area contributed by atoms with E-state index in [1.165, 1.54) is 13.0 Å². The van der Waals surface area contributed by atoms with Crippen LogP contribution in [-0.4, -0.2) is 10.9 Å². The number of benzene rings is 1. The predicted octanol–water partition coefficient (Wildman–Crippen LogP) is 2.93. The highest BCUT2D eigenvalue weighted by Gasteiger charge is 2.02. The number of aryl methyl sites for hydroxylation is 1. The van der Waals surface area contributed by atoms with Crippen LogP contribution in [0.15, 0.2) is 18.2 Å². The number of ketones is 1.